The summed E-state index contributed by atoms with van der Waals surface area (Å²) in [6.07, 6.45) is 0. The molecule has 3 N–H and O–H groups in total. The van der Waals surface area contributed by atoms with Crippen LogP contribution in [0.1, 0.15) is 22.5 Å². The summed E-state index contributed by atoms with van der Waals surface area (Å²) in [6, 6.07) is 5.63. The van der Waals surface area contributed by atoms with E-state index in [2.05, 4.69) is 21.0 Å². The Hall–Kier alpha value is -1.62. The monoisotopic (exact) mass is 306 g/mol. The smallest absolute Gasteiger partial charge is 0.124 e. The number of aromatic nitrogens is 2. The molecule has 0 aliphatic carbocycles. The second-order valence-corrected chi connectivity index (χ2v) is 5.20. The molecule has 1 heterocycles. The number of benzene rings is 1. The quantitative estimate of drug-likeness (QED) is 0.662. The van der Waals surface area contributed by atoms with Gasteiger partial charge in [-0.1, -0.05) is 15.9 Å². The first-order valence-corrected chi connectivity index (χ1v) is 6.38. The molecule has 4 nitrogen and oxygen atoms in total. The highest BCUT2D eigenvalue weighted by Crippen LogP contribution is 2.23. The van der Waals surface area contributed by atoms with Crippen molar-refractivity contribution >= 4 is 21.8 Å². The van der Waals surface area contributed by atoms with E-state index >= 15 is 0 Å². The van der Waals surface area contributed by atoms with Crippen molar-refractivity contribution in [3.05, 3.63) is 45.2 Å². The number of rotatable bonds is 2. The Balaban J connectivity index is 2.73. The van der Waals surface area contributed by atoms with Gasteiger partial charge in [0, 0.05) is 15.7 Å². The van der Waals surface area contributed by atoms with Crippen LogP contribution < -0.4 is 5.73 Å². The summed E-state index contributed by atoms with van der Waals surface area (Å²) in [5.74, 6) is 0.0442. The fraction of sp³-hybridized carbons (Fsp3) is 0.231. The number of nitrogen functional groups attached to an aromatic ring is 1. The van der Waals surface area contributed by atoms with Crippen LogP contribution in [0, 0.1) is 26.2 Å². The van der Waals surface area contributed by atoms with E-state index in [0.29, 0.717) is 5.56 Å². The molecule has 1 aromatic carbocycles. The van der Waals surface area contributed by atoms with E-state index in [0.717, 1.165) is 27.1 Å². The van der Waals surface area contributed by atoms with Crippen LogP contribution in [0.15, 0.2) is 22.7 Å². The van der Waals surface area contributed by atoms with Gasteiger partial charge in [0.05, 0.1) is 11.4 Å². The highest BCUT2D eigenvalue weighted by Gasteiger charge is 2.14. The van der Waals surface area contributed by atoms with Gasteiger partial charge >= 0.3 is 0 Å². The molecule has 0 unspecified atom stereocenters. The molecule has 0 aliphatic rings. The highest BCUT2D eigenvalue weighted by atomic mass is 79.9. The van der Waals surface area contributed by atoms with E-state index in [1.54, 1.807) is 0 Å². The van der Waals surface area contributed by atoms with E-state index in [1.807, 2.05) is 43.7 Å². The van der Waals surface area contributed by atoms with Crippen molar-refractivity contribution < 1.29 is 0 Å². The number of hydrogen-bond donors (Lipinski definition) is 2. The second kappa shape index (κ2) is 4.57. The van der Waals surface area contributed by atoms with Crippen LogP contribution in [0.3, 0.4) is 0 Å². The molecule has 0 atom stereocenters. The lowest BCUT2D eigenvalue weighted by molar-refractivity contribution is 0.830. The molecule has 0 saturated heterocycles. The van der Waals surface area contributed by atoms with E-state index in [4.69, 9.17) is 11.1 Å². The number of nitrogens with zero attached hydrogens (tertiary/aromatic N) is 2. The van der Waals surface area contributed by atoms with Crippen LogP contribution in [0.4, 0.5) is 0 Å². The normalized spacial score (nSPS) is 10.7. The fourth-order valence-corrected chi connectivity index (χ4v) is 2.21. The third-order valence-corrected chi connectivity index (χ3v) is 3.62. The molecule has 1 aromatic heterocycles. The lowest BCUT2D eigenvalue weighted by Gasteiger charge is -2.11. The number of nitrogens with two attached hydrogens (primary N) is 1. The molecular weight excluding hydrogens is 292 g/mol. The molecular formula is C13H15BrN4. The van der Waals surface area contributed by atoms with Crippen LogP contribution in [-0.4, -0.2) is 15.6 Å². The first kappa shape index (κ1) is 12.8. The minimum atomic E-state index is 0.0442. The van der Waals surface area contributed by atoms with Gasteiger partial charge in [-0.05, 0) is 44.5 Å². The van der Waals surface area contributed by atoms with Crippen LogP contribution in [-0.2, 0) is 0 Å². The molecule has 0 spiro atoms. The van der Waals surface area contributed by atoms with Gasteiger partial charge in [0.25, 0.3) is 0 Å². The molecule has 0 amide bonds. The van der Waals surface area contributed by atoms with Gasteiger partial charge in [-0.3, -0.25) is 5.41 Å². The summed E-state index contributed by atoms with van der Waals surface area (Å²) in [6.45, 7) is 6.03. The van der Waals surface area contributed by atoms with Gasteiger partial charge in [0.15, 0.2) is 0 Å². The van der Waals surface area contributed by atoms with Crippen LogP contribution in [0.25, 0.3) is 5.69 Å². The van der Waals surface area contributed by atoms with Crippen molar-refractivity contribution in [1.82, 2.24) is 9.78 Å². The van der Waals surface area contributed by atoms with Crippen molar-refractivity contribution in [2.75, 3.05) is 0 Å². The van der Waals surface area contributed by atoms with Crippen molar-refractivity contribution in [1.29, 1.82) is 5.41 Å². The maximum absolute atomic E-state index is 7.65. The molecule has 94 valence electrons. The van der Waals surface area contributed by atoms with E-state index in [9.17, 15) is 0 Å². The summed E-state index contributed by atoms with van der Waals surface area (Å²) in [5, 5.41) is 12.2. The van der Waals surface area contributed by atoms with Gasteiger partial charge in [-0.2, -0.15) is 5.10 Å². The molecule has 0 bridgehead atoms. The standard InChI is InChI=1S/C13H15BrN4/c1-7-8(2)17-18(9(7)3)12-6-10(14)4-5-11(12)13(15)16/h4-6H,1-3H3,(H3,15,16). The van der Waals surface area contributed by atoms with E-state index in [-0.39, 0.29) is 5.84 Å². The van der Waals surface area contributed by atoms with Crippen LogP contribution in [0.2, 0.25) is 0 Å². The van der Waals surface area contributed by atoms with Crippen molar-refractivity contribution in [3.8, 4) is 5.69 Å². The summed E-state index contributed by atoms with van der Waals surface area (Å²) in [4.78, 5) is 0. The first-order valence-electron chi connectivity index (χ1n) is 5.59. The highest BCUT2D eigenvalue weighted by molar-refractivity contribution is 9.10. The lowest BCUT2D eigenvalue weighted by Crippen LogP contribution is -2.15. The Morgan fingerprint density at radius 1 is 1.33 bits per heavy atom. The van der Waals surface area contributed by atoms with Crippen LogP contribution >= 0.6 is 15.9 Å². The minimum absolute atomic E-state index is 0.0442. The van der Waals surface area contributed by atoms with Gasteiger partial charge < -0.3 is 5.73 Å². The van der Waals surface area contributed by atoms with Gasteiger partial charge in [0.2, 0.25) is 0 Å². The molecule has 5 heteroatoms. The Bertz CT molecular complexity index is 628. The predicted octanol–water partition coefficient (Wildman–Crippen LogP) is 2.84. The average molecular weight is 307 g/mol. The third kappa shape index (κ3) is 2.06. The van der Waals surface area contributed by atoms with Crippen molar-refractivity contribution in [3.63, 3.8) is 0 Å². The van der Waals surface area contributed by atoms with Crippen LogP contribution in [0.5, 0.6) is 0 Å². The SMILES string of the molecule is Cc1nn(-c2cc(Br)ccc2C(=N)N)c(C)c1C. The molecule has 0 aliphatic heterocycles. The number of amidine groups is 1. The Morgan fingerprint density at radius 2 is 2.00 bits per heavy atom. The maximum atomic E-state index is 7.65. The zero-order valence-corrected chi connectivity index (χ0v) is 12.2. The summed E-state index contributed by atoms with van der Waals surface area (Å²) in [7, 11) is 0. The number of hydrogen-bond acceptors (Lipinski definition) is 2. The molecule has 0 saturated carbocycles. The van der Waals surface area contributed by atoms with Gasteiger partial charge in [-0.25, -0.2) is 4.68 Å². The van der Waals surface area contributed by atoms with Crippen molar-refractivity contribution in [2.24, 2.45) is 5.73 Å². The van der Waals surface area contributed by atoms with Crippen molar-refractivity contribution in [2.45, 2.75) is 20.8 Å². The number of halogens is 1. The largest absolute Gasteiger partial charge is 0.384 e. The molecule has 2 aromatic rings. The minimum Gasteiger partial charge on any atom is -0.384 e. The average Bonchev–Trinajstić information content (AvgIpc) is 2.56. The Labute approximate surface area is 114 Å². The fourth-order valence-electron chi connectivity index (χ4n) is 1.86. The molecule has 0 radical (unpaired) electrons. The molecule has 0 fully saturated rings. The van der Waals surface area contributed by atoms with E-state index in [1.165, 1.54) is 0 Å². The Morgan fingerprint density at radius 3 is 2.50 bits per heavy atom. The zero-order chi connectivity index (χ0) is 13.4. The summed E-state index contributed by atoms with van der Waals surface area (Å²) >= 11 is 3.44. The predicted molar refractivity (Wildman–Crippen MR) is 76.5 cm³/mol. The Kier molecular flexibility index (Phi) is 3.26. The molecule has 18 heavy (non-hydrogen) atoms. The van der Waals surface area contributed by atoms with E-state index < -0.39 is 0 Å². The number of aryl methyl sites for hydroxylation is 1. The maximum Gasteiger partial charge on any atom is 0.124 e. The summed E-state index contributed by atoms with van der Waals surface area (Å²) in [5.41, 5.74) is 10.3. The second-order valence-electron chi connectivity index (χ2n) is 4.28. The zero-order valence-electron chi connectivity index (χ0n) is 10.6. The summed E-state index contributed by atoms with van der Waals surface area (Å²) < 4.78 is 2.78. The first-order chi connectivity index (χ1) is 8.41. The molecule has 2 rings (SSSR count). The lowest BCUT2D eigenvalue weighted by atomic mass is 10.1. The van der Waals surface area contributed by atoms with Gasteiger partial charge in [0.1, 0.15) is 5.84 Å². The third-order valence-electron chi connectivity index (χ3n) is 3.13. The topological polar surface area (TPSA) is 67.7 Å². The van der Waals surface area contributed by atoms with Gasteiger partial charge in [-0.15, -0.1) is 0 Å². The number of nitrogens with one attached hydrogen (secondary N) is 1.